The highest BCUT2D eigenvalue weighted by molar-refractivity contribution is 5.79. The Kier molecular flexibility index (Phi) is 5.88. The van der Waals surface area contributed by atoms with E-state index < -0.39 is 47.9 Å². The van der Waals surface area contributed by atoms with Gasteiger partial charge in [0.25, 0.3) is 0 Å². The van der Waals surface area contributed by atoms with Crippen LogP contribution in [0.3, 0.4) is 0 Å². The predicted molar refractivity (Wildman–Crippen MR) is 110 cm³/mol. The topological polar surface area (TPSA) is 58.6 Å². The van der Waals surface area contributed by atoms with Crippen molar-refractivity contribution in [3.05, 3.63) is 64.7 Å². The van der Waals surface area contributed by atoms with Crippen molar-refractivity contribution >= 4 is 5.91 Å². The average molecular weight is 469 g/mol. The van der Waals surface area contributed by atoms with Gasteiger partial charge in [0.2, 0.25) is 5.91 Å². The fraction of sp³-hybridized carbons (Fsp3) is 0.458. The Morgan fingerprint density at radius 3 is 2.42 bits per heavy atom. The number of alkyl halides is 3. The summed E-state index contributed by atoms with van der Waals surface area (Å²) in [6, 6.07) is 7.71. The standard InChI is InChI=1S/C24H24F5NO3/c1-22(32,19-5-4-17(25)11-20(19)26)12-21(31)30-23(6-7-23)16-8-15(14-2-3-14)9-18(10-16)33-13-24(27,28)29/h4-5,8-11,14,32H,2-3,6-7,12-13H2,1H3,(H,30,31)/t22-/m1/s1. The predicted octanol–water partition coefficient (Wildman–Crippen LogP) is 5.19. The van der Waals surface area contributed by atoms with Crippen molar-refractivity contribution in [2.24, 2.45) is 0 Å². The molecule has 0 radical (unpaired) electrons. The van der Waals surface area contributed by atoms with Crippen LogP contribution in [-0.2, 0) is 15.9 Å². The van der Waals surface area contributed by atoms with Crippen LogP contribution in [0.4, 0.5) is 22.0 Å². The van der Waals surface area contributed by atoms with Gasteiger partial charge in [-0.25, -0.2) is 8.78 Å². The number of hydrogen-bond acceptors (Lipinski definition) is 3. The van der Waals surface area contributed by atoms with Gasteiger partial charge in [-0.15, -0.1) is 0 Å². The van der Waals surface area contributed by atoms with E-state index in [0.717, 1.165) is 30.5 Å². The van der Waals surface area contributed by atoms with Crippen LogP contribution in [0.25, 0.3) is 0 Å². The number of ether oxygens (including phenoxy) is 1. The molecule has 33 heavy (non-hydrogen) atoms. The van der Waals surface area contributed by atoms with Crippen LogP contribution >= 0.6 is 0 Å². The molecule has 0 bridgehead atoms. The van der Waals surface area contributed by atoms with E-state index in [1.165, 1.54) is 13.0 Å². The minimum Gasteiger partial charge on any atom is -0.484 e. The first-order valence-corrected chi connectivity index (χ1v) is 10.7. The molecule has 2 saturated carbocycles. The highest BCUT2D eigenvalue weighted by Gasteiger charge is 2.47. The molecule has 2 aliphatic rings. The number of halogens is 5. The maximum Gasteiger partial charge on any atom is 0.422 e. The summed E-state index contributed by atoms with van der Waals surface area (Å²) in [6.07, 6.45) is -1.93. The van der Waals surface area contributed by atoms with Crippen molar-refractivity contribution in [1.29, 1.82) is 0 Å². The van der Waals surface area contributed by atoms with E-state index in [1.807, 2.05) is 6.07 Å². The van der Waals surface area contributed by atoms with Gasteiger partial charge in [-0.05, 0) is 67.9 Å². The van der Waals surface area contributed by atoms with Gasteiger partial charge in [-0.2, -0.15) is 13.2 Å². The Labute approximate surface area is 187 Å². The first-order chi connectivity index (χ1) is 15.4. The molecule has 178 valence electrons. The molecule has 2 N–H and O–H groups in total. The second-order valence-corrected chi connectivity index (χ2v) is 9.17. The van der Waals surface area contributed by atoms with E-state index >= 15 is 0 Å². The number of amides is 1. The lowest BCUT2D eigenvalue weighted by atomic mass is 9.91. The third-order valence-electron chi connectivity index (χ3n) is 6.08. The fourth-order valence-electron chi connectivity index (χ4n) is 4.06. The molecule has 0 aromatic heterocycles. The van der Waals surface area contributed by atoms with Crippen molar-refractivity contribution in [2.45, 2.75) is 62.3 Å². The first-order valence-electron chi connectivity index (χ1n) is 10.7. The lowest BCUT2D eigenvalue weighted by Crippen LogP contribution is -2.39. The molecule has 0 aliphatic heterocycles. The van der Waals surface area contributed by atoms with Crippen LogP contribution in [0.1, 0.15) is 61.6 Å². The SMILES string of the molecule is C[C@@](O)(CC(=O)NC1(c2cc(OCC(F)(F)F)cc(C3CC3)c2)CC1)c1ccc(F)cc1F. The van der Waals surface area contributed by atoms with Gasteiger partial charge < -0.3 is 15.2 Å². The fourth-order valence-corrected chi connectivity index (χ4v) is 4.06. The number of rotatable bonds is 8. The van der Waals surface area contributed by atoms with Gasteiger partial charge in [0.05, 0.1) is 17.6 Å². The molecule has 0 saturated heterocycles. The minimum absolute atomic E-state index is 0.0904. The van der Waals surface area contributed by atoms with Gasteiger partial charge in [0, 0.05) is 11.6 Å². The van der Waals surface area contributed by atoms with Crippen molar-refractivity contribution < 1.29 is 36.6 Å². The van der Waals surface area contributed by atoms with Crippen molar-refractivity contribution in [3.63, 3.8) is 0 Å². The van der Waals surface area contributed by atoms with Crippen LogP contribution < -0.4 is 10.1 Å². The molecule has 0 unspecified atom stereocenters. The molecule has 1 amide bonds. The Balaban J connectivity index is 1.51. The number of aliphatic hydroxyl groups is 1. The zero-order chi connectivity index (χ0) is 24.0. The summed E-state index contributed by atoms with van der Waals surface area (Å²) in [7, 11) is 0. The molecule has 1 atom stereocenters. The summed E-state index contributed by atoms with van der Waals surface area (Å²) in [5.41, 5.74) is -1.36. The summed E-state index contributed by atoms with van der Waals surface area (Å²) in [6.45, 7) is -0.148. The molecular formula is C24H24F5NO3. The number of carbonyl (C=O) groups excluding carboxylic acids is 1. The summed E-state index contributed by atoms with van der Waals surface area (Å²) >= 11 is 0. The lowest BCUT2D eigenvalue weighted by Gasteiger charge is -2.26. The second kappa shape index (κ2) is 8.27. The Bertz CT molecular complexity index is 1060. The Hall–Kier alpha value is -2.68. The van der Waals surface area contributed by atoms with Crippen LogP contribution in [0, 0.1) is 11.6 Å². The van der Waals surface area contributed by atoms with Crippen LogP contribution in [0.5, 0.6) is 5.75 Å². The van der Waals surface area contributed by atoms with Crippen molar-refractivity contribution in [3.8, 4) is 5.75 Å². The van der Waals surface area contributed by atoms with Crippen LogP contribution in [-0.4, -0.2) is 23.8 Å². The maximum atomic E-state index is 14.1. The quantitative estimate of drug-likeness (QED) is 0.524. The summed E-state index contributed by atoms with van der Waals surface area (Å²) in [5.74, 6) is -1.97. The number of carbonyl (C=O) groups is 1. The molecule has 2 aromatic rings. The van der Waals surface area contributed by atoms with Crippen molar-refractivity contribution in [1.82, 2.24) is 5.32 Å². The highest BCUT2D eigenvalue weighted by Crippen LogP contribution is 2.49. The Morgan fingerprint density at radius 2 is 1.85 bits per heavy atom. The smallest absolute Gasteiger partial charge is 0.422 e. The van der Waals surface area contributed by atoms with E-state index in [0.29, 0.717) is 24.5 Å². The van der Waals surface area contributed by atoms with Gasteiger partial charge in [0.1, 0.15) is 17.4 Å². The molecule has 0 spiro atoms. The summed E-state index contributed by atoms with van der Waals surface area (Å²) in [5, 5.41) is 13.5. The van der Waals surface area contributed by atoms with Crippen LogP contribution in [0.15, 0.2) is 36.4 Å². The van der Waals surface area contributed by atoms with Gasteiger partial charge in [-0.3, -0.25) is 4.79 Å². The van der Waals surface area contributed by atoms with E-state index in [-0.39, 0.29) is 17.2 Å². The lowest BCUT2D eigenvalue weighted by molar-refractivity contribution is -0.153. The second-order valence-electron chi connectivity index (χ2n) is 9.17. The first kappa shape index (κ1) is 23.5. The van der Waals surface area contributed by atoms with Gasteiger partial charge in [-0.1, -0.05) is 12.1 Å². The van der Waals surface area contributed by atoms with Crippen LogP contribution in [0.2, 0.25) is 0 Å². The number of hydrogen-bond donors (Lipinski definition) is 2. The summed E-state index contributed by atoms with van der Waals surface area (Å²) < 4.78 is 70.2. The number of nitrogens with one attached hydrogen (secondary N) is 1. The zero-order valence-electron chi connectivity index (χ0n) is 17.9. The maximum absolute atomic E-state index is 14.1. The monoisotopic (exact) mass is 469 g/mol. The molecule has 0 heterocycles. The van der Waals surface area contributed by atoms with E-state index in [1.54, 1.807) is 6.07 Å². The average Bonchev–Trinajstić information content (AvgIpc) is 3.59. The van der Waals surface area contributed by atoms with E-state index in [9.17, 15) is 31.9 Å². The normalized spacial score (nSPS) is 19.0. The third-order valence-corrected chi connectivity index (χ3v) is 6.08. The highest BCUT2D eigenvalue weighted by atomic mass is 19.4. The molecule has 2 aliphatic carbocycles. The van der Waals surface area contributed by atoms with Gasteiger partial charge >= 0.3 is 6.18 Å². The zero-order valence-corrected chi connectivity index (χ0v) is 17.9. The molecule has 4 rings (SSSR count). The van der Waals surface area contributed by atoms with Gasteiger partial charge in [0.15, 0.2) is 6.61 Å². The van der Waals surface area contributed by atoms with E-state index in [2.05, 4.69) is 5.32 Å². The van der Waals surface area contributed by atoms with E-state index in [4.69, 9.17) is 4.74 Å². The minimum atomic E-state index is -4.47. The third kappa shape index (κ3) is 5.63. The molecule has 2 fully saturated rings. The largest absolute Gasteiger partial charge is 0.484 e. The van der Waals surface area contributed by atoms with Crippen molar-refractivity contribution in [2.75, 3.05) is 6.61 Å². The molecule has 9 heteroatoms. The number of benzene rings is 2. The molecular weight excluding hydrogens is 445 g/mol. The molecule has 2 aromatic carbocycles. The molecule has 4 nitrogen and oxygen atoms in total. The summed E-state index contributed by atoms with van der Waals surface area (Å²) in [4.78, 5) is 12.8. The Morgan fingerprint density at radius 1 is 1.15 bits per heavy atom.